The smallest absolute Gasteiger partial charge is 0.348 e. The van der Waals surface area contributed by atoms with Crippen LogP contribution in [0, 0.1) is 12.8 Å². The summed E-state index contributed by atoms with van der Waals surface area (Å²) in [6, 6.07) is 0. The predicted octanol–water partition coefficient (Wildman–Crippen LogP) is 4.17. The van der Waals surface area contributed by atoms with Crippen molar-refractivity contribution in [3.63, 3.8) is 0 Å². The van der Waals surface area contributed by atoms with Gasteiger partial charge in [0.15, 0.2) is 0 Å². The number of nitrogens with one attached hydrogen (secondary N) is 1. The molecule has 0 unspecified atom stereocenters. The van der Waals surface area contributed by atoms with E-state index in [1.165, 1.54) is 0 Å². The van der Waals surface area contributed by atoms with Gasteiger partial charge >= 0.3 is 11.9 Å². The van der Waals surface area contributed by atoms with Crippen LogP contribution in [-0.2, 0) is 14.3 Å². The van der Waals surface area contributed by atoms with Gasteiger partial charge in [0.05, 0.1) is 18.3 Å². The Hall–Kier alpha value is -1.89. The van der Waals surface area contributed by atoms with Gasteiger partial charge in [-0.05, 0) is 46.1 Å². The molecule has 1 rings (SSSR count). The van der Waals surface area contributed by atoms with Gasteiger partial charge in [-0.1, -0.05) is 13.8 Å². The average Bonchev–Trinajstić information content (AvgIpc) is 2.84. The number of rotatable bonds is 8. The molecule has 1 aromatic heterocycles. The van der Waals surface area contributed by atoms with Gasteiger partial charge in [0.2, 0.25) is 5.91 Å². The molecule has 0 fully saturated rings. The van der Waals surface area contributed by atoms with Crippen LogP contribution >= 0.6 is 11.3 Å². The zero-order valence-electron chi connectivity index (χ0n) is 15.7. The van der Waals surface area contributed by atoms with Crippen LogP contribution in [0.4, 0.5) is 5.00 Å². The maximum absolute atomic E-state index is 12.4. The summed E-state index contributed by atoms with van der Waals surface area (Å²) in [6.07, 6.45) is 1.12. The number of esters is 2. The fraction of sp³-hybridized carbons (Fsp3) is 0.611. The molecule has 0 aliphatic rings. The van der Waals surface area contributed by atoms with Crippen molar-refractivity contribution in [3.8, 4) is 0 Å². The third-order valence-corrected chi connectivity index (χ3v) is 4.93. The lowest BCUT2D eigenvalue weighted by molar-refractivity contribution is -0.120. The van der Waals surface area contributed by atoms with E-state index in [1.54, 1.807) is 27.7 Å². The summed E-state index contributed by atoms with van der Waals surface area (Å²) < 4.78 is 10.3. The second kappa shape index (κ2) is 9.56. The highest BCUT2D eigenvalue weighted by molar-refractivity contribution is 7.18. The van der Waals surface area contributed by atoms with Crippen molar-refractivity contribution in [2.45, 2.75) is 60.5 Å². The number of hydrogen-bond acceptors (Lipinski definition) is 6. The van der Waals surface area contributed by atoms with E-state index in [1.807, 2.05) is 13.8 Å². The fourth-order valence-corrected chi connectivity index (χ4v) is 3.47. The lowest BCUT2D eigenvalue weighted by atomic mass is 10.0. The largest absolute Gasteiger partial charge is 0.462 e. The molecule has 0 bridgehead atoms. The molecule has 140 valence electrons. The van der Waals surface area contributed by atoms with E-state index in [-0.39, 0.29) is 30.1 Å². The summed E-state index contributed by atoms with van der Waals surface area (Å²) in [6.45, 7) is 10.9. The number of carbonyl (C=O) groups excluding carboxylic acids is 3. The highest BCUT2D eigenvalue weighted by Crippen LogP contribution is 2.35. The van der Waals surface area contributed by atoms with Crippen LogP contribution in [0.5, 0.6) is 0 Å². The Kier molecular flexibility index (Phi) is 8.09. The van der Waals surface area contributed by atoms with Crippen molar-refractivity contribution < 1.29 is 23.9 Å². The monoisotopic (exact) mass is 369 g/mol. The van der Waals surface area contributed by atoms with Gasteiger partial charge in [-0.3, -0.25) is 4.79 Å². The first-order valence-corrected chi connectivity index (χ1v) is 9.40. The summed E-state index contributed by atoms with van der Waals surface area (Å²) >= 11 is 1.05. The van der Waals surface area contributed by atoms with Gasteiger partial charge in [-0.15, -0.1) is 11.3 Å². The van der Waals surface area contributed by atoms with Crippen LogP contribution in [0.1, 0.15) is 73.1 Å². The third-order valence-electron chi connectivity index (χ3n) is 3.75. The van der Waals surface area contributed by atoms with E-state index in [9.17, 15) is 14.4 Å². The molecule has 1 heterocycles. The summed E-state index contributed by atoms with van der Waals surface area (Å²) in [5, 5.41) is 3.13. The van der Waals surface area contributed by atoms with Crippen LogP contribution in [-0.4, -0.2) is 30.6 Å². The standard InChI is InChI=1S/C18H27NO5S/c1-7-12(8-2)15(20)19-16-13(17(21)23-9-3)11(6)14(25-16)18(22)24-10(4)5/h10,12H,7-9H2,1-6H3,(H,19,20). The number of ether oxygens (including phenoxy) is 2. The highest BCUT2D eigenvalue weighted by Gasteiger charge is 2.28. The summed E-state index contributed by atoms with van der Waals surface area (Å²) in [4.78, 5) is 37.3. The fourth-order valence-electron chi connectivity index (χ4n) is 2.39. The zero-order valence-corrected chi connectivity index (χ0v) is 16.5. The predicted molar refractivity (Wildman–Crippen MR) is 98.3 cm³/mol. The molecule has 0 aliphatic carbocycles. The first kappa shape index (κ1) is 21.2. The van der Waals surface area contributed by atoms with E-state index >= 15 is 0 Å². The zero-order chi connectivity index (χ0) is 19.1. The van der Waals surface area contributed by atoms with Gasteiger partial charge in [0.25, 0.3) is 0 Å². The lowest BCUT2D eigenvalue weighted by Gasteiger charge is -2.12. The molecule has 1 N–H and O–H groups in total. The van der Waals surface area contributed by atoms with Crippen molar-refractivity contribution >= 4 is 34.2 Å². The highest BCUT2D eigenvalue weighted by atomic mass is 32.1. The first-order chi connectivity index (χ1) is 11.8. The van der Waals surface area contributed by atoms with Gasteiger partial charge in [-0.2, -0.15) is 0 Å². The topological polar surface area (TPSA) is 81.7 Å². The number of carbonyl (C=O) groups is 3. The molecule has 7 heteroatoms. The van der Waals surface area contributed by atoms with E-state index < -0.39 is 11.9 Å². The summed E-state index contributed by atoms with van der Waals surface area (Å²) in [5.41, 5.74) is 0.691. The Morgan fingerprint density at radius 1 is 1.08 bits per heavy atom. The Morgan fingerprint density at radius 2 is 1.68 bits per heavy atom. The molecule has 0 aliphatic heterocycles. The quantitative estimate of drug-likeness (QED) is 0.695. The van der Waals surface area contributed by atoms with Gasteiger partial charge in [-0.25, -0.2) is 9.59 Å². The number of hydrogen-bond donors (Lipinski definition) is 1. The molecule has 1 aromatic rings. The Morgan fingerprint density at radius 3 is 2.16 bits per heavy atom. The summed E-state index contributed by atoms with van der Waals surface area (Å²) in [7, 11) is 0. The molecule has 0 saturated carbocycles. The minimum absolute atomic E-state index is 0.150. The maximum Gasteiger partial charge on any atom is 0.348 e. The van der Waals surface area contributed by atoms with E-state index in [4.69, 9.17) is 9.47 Å². The SMILES string of the molecule is CCOC(=O)c1c(NC(=O)C(CC)CC)sc(C(=O)OC(C)C)c1C. The van der Waals surface area contributed by atoms with Crippen molar-refractivity contribution in [3.05, 3.63) is 16.0 Å². The number of amides is 1. The Bertz CT molecular complexity index is 632. The summed E-state index contributed by atoms with van der Waals surface area (Å²) in [5.74, 6) is -1.38. The Labute approximate surface area is 152 Å². The molecule has 0 aromatic carbocycles. The van der Waals surface area contributed by atoms with Crippen molar-refractivity contribution in [1.29, 1.82) is 0 Å². The van der Waals surface area contributed by atoms with Crippen LogP contribution in [0.15, 0.2) is 0 Å². The minimum Gasteiger partial charge on any atom is -0.462 e. The molecule has 0 atom stereocenters. The average molecular weight is 369 g/mol. The molecule has 0 spiro atoms. The van der Waals surface area contributed by atoms with Gasteiger partial charge in [0.1, 0.15) is 9.88 Å². The van der Waals surface area contributed by atoms with E-state index in [2.05, 4.69) is 5.32 Å². The molecular weight excluding hydrogens is 342 g/mol. The minimum atomic E-state index is -0.556. The second-order valence-corrected chi connectivity index (χ2v) is 6.96. The van der Waals surface area contributed by atoms with Crippen LogP contribution in [0.25, 0.3) is 0 Å². The van der Waals surface area contributed by atoms with Gasteiger partial charge in [0, 0.05) is 5.92 Å². The normalized spacial score (nSPS) is 10.9. The number of thiophene rings is 1. The van der Waals surface area contributed by atoms with Crippen molar-refractivity contribution in [2.75, 3.05) is 11.9 Å². The van der Waals surface area contributed by atoms with Crippen LogP contribution in [0.2, 0.25) is 0 Å². The van der Waals surface area contributed by atoms with Gasteiger partial charge < -0.3 is 14.8 Å². The van der Waals surface area contributed by atoms with Crippen molar-refractivity contribution in [1.82, 2.24) is 0 Å². The molecule has 25 heavy (non-hydrogen) atoms. The second-order valence-electron chi connectivity index (χ2n) is 5.94. The van der Waals surface area contributed by atoms with E-state index in [0.29, 0.717) is 28.3 Å². The Balaban J connectivity index is 3.27. The molecule has 1 amide bonds. The van der Waals surface area contributed by atoms with Crippen LogP contribution in [0.3, 0.4) is 0 Å². The molecular formula is C18H27NO5S. The number of anilines is 1. The van der Waals surface area contributed by atoms with Crippen LogP contribution < -0.4 is 5.32 Å². The van der Waals surface area contributed by atoms with Crippen molar-refractivity contribution in [2.24, 2.45) is 5.92 Å². The lowest BCUT2D eigenvalue weighted by Crippen LogP contribution is -2.22. The maximum atomic E-state index is 12.4. The first-order valence-electron chi connectivity index (χ1n) is 8.58. The molecule has 0 saturated heterocycles. The third kappa shape index (κ3) is 5.29. The molecule has 0 radical (unpaired) electrons. The molecule has 6 nitrogen and oxygen atoms in total. The van der Waals surface area contributed by atoms with E-state index in [0.717, 1.165) is 11.3 Å².